The van der Waals surface area contributed by atoms with Crippen molar-refractivity contribution >= 4 is 44.9 Å². The van der Waals surface area contributed by atoms with Crippen LogP contribution in [0.5, 0.6) is 0 Å². The number of aromatic nitrogens is 5. The van der Waals surface area contributed by atoms with Gasteiger partial charge in [0, 0.05) is 39.5 Å². The molecule has 8 nitrogen and oxygen atoms in total. The highest BCUT2D eigenvalue weighted by Crippen LogP contribution is 2.35. The van der Waals surface area contributed by atoms with Gasteiger partial charge in [-0.15, -0.1) is 11.3 Å². The van der Waals surface area contributed by atoms with E-state index in [4.69, 9.17) is 4.98 Å². The number of benzene rings is 1. The number of piperidine rings is 1. The van der Waals surface area contributed by atoms with Crippen molar-refractivity contribution in [3.05, 3.63) is 72.4 Å². The van der Waals surface area contributed by atoms with Gasteiger partial charge in [0.15, 0.2) is 0 Å². The maximum Gasteiger partial charge on any atom is 0.224 e. The first-order valence-corrected chi connectivity index (χ1v) is 14.1. The number of nitrogens with zero attached hydrogens (tertiary/aromatic N) is 3. The monoisotopic (exact) mass is 533 g/mol. The largest absolute Gasteiger partial charge is 0.353 e. The van der Waals surface area contributed by atoms with E-state index in [0.29, 0.717) is 18.0 Å². The number of pyridine rings is 2. The van der Waals surface area contributed by atoms with Crippen molar-refractivity contribution in [2.75, 3.05) is 18.4 Å². The van der Waals surface area contributed by atoms with Gasteiger partial charge in [-0.25, -0.2) is 4.98 Å². The number of carbonyl (C=O) groups excluding carboxylic acids is 1. The number of H-pyrrole nitrogens is 2. The van der Waals surface area contributed by atoms with Crippen LogP contribution < -0.4 is 10.6 Å². The van der Waals surface area contributed by atoms with E-state index in [9.17, 15) is 4.79 Å². The van der Waals surface area contributed by atoms with Crippen LogP contribution in [0.1, 0.15) is 19.3 Å². The molecule has 39 heavy (non-hydrogen) atoms. The van der Waals surface area contributed by atoms with Crippen molar-refractivity contribution in [2.24, 2.45) is 5.92 Å². The SMILES string of the molecule is O=C(CC1CCNCC1)Nc1cncc(-c2ccc3[nH]nc(-c4cc5c(-c6cccs6)cccc5[nH]4)c3n2)c1. The van der Waals surface area contributed by atoms with Crippen molar-refractivity contribution in [1.29, 1.82) is 0 Å². The summed E-state index contributed by atoms with van der Waals surface area (Å²) in [6.45, 7) is 1.96. The fraction of sp³-hybridized carbons (Fsp3) is 0.200. The molecular weight excluding hydrogens is 506 g/mol. The first-order valence-electron chi connectivity index (χ1n) is 13.2. The van der Waals surface area contributed by atoms with Crippen molar-refractivity contribution in [1.82, 2.24) is 30.5 Å². The minimum absolute atomic E-state index is 0.0297. The van der Waals surface area contributed by atoms with E-state index in [1.54, 1.807) is 23.7 Å². The summed E-state index contributed by atoms with van der Waals surface area (Å²) in [6, 6.07) is 18.5. The number of amides is 1. The van der Waals surface area contributed by atoms with Gasteiger partial charge >= 0.3 is 0 Å². The molecule has 0 unspecified atom stereocenters. The molecule has 1 aliphatic heterocycles. The van der Waals surface area contributed by atoms with Crippen LogP contribution in [-0.4, -0.2) is 44.1 Å². The molecule has 1 aromatic carbocycles. The molecule has 194 valence electrons. The maximum atomic E-state index is 12.7. The molecule has 1 aliphatic rings. The van der Waals surface area contributed by atoms with Crippen LogP contribution in [0.3, 0.4) is 0 Å². The smallest absolute Gasteiger partial charge is 0.224 e. The summed E-state index contributed by atoms with van der Waals surface area (Å²) in [6.07, 6.45) is 6.06. The second-order valence-corrected chi connectivity index (χ2v) is 10.9. The Balaban J connectivity index is 1.19. The van der Waals surface area contributed by atoms with Crippen molar-refractivity contribution in [3.63, 3.8) is 0 Å². The summed E-state index contributed by atoms with van der Waals surface area (Å²) in [5, 5.41) is 17.3. The van der Waals surface area contributed by atoms with E-state index in [-0.39, 0.29) is 5.91 Å². The third-order valence-electron chi connectivity index (χ3n) is 7.36. The number of aromatic amines is 2. The topological polar surface area (TPSA) is 111 Å². The molecule has 0 spiro atoms. The van der Waals surface area contributed by atoms with Gasteiger partial charge in [0.2, 0.25) is 5.91 Å². The predicted molar refractivity (Wildman–Crippen MR) is 157 cm³/mol. The van der Waals surface area contributed by atoms with Gasteiger partial charge in [0.25, 0.3) is 0 Å². The highest BCUT2D eigenvalue weighted by atomic mass is 32.1. The Morgan fingerprint density at radius 2 is 1.95 bits per heavy atom. The third kappa shape index (κ3) is 4.71. The first kappa shape index (κ1) is 23.8. The number of hydrogen-bond acceptors (Lipinski definition) is 6. The van der Waals surface area contributed by atoms with E-state index in [1.807, 2.05) is 18.2 Å². The fourth-order valence-corrected chi connectivity index (χ4v) is 6.15. The molecule has 0 aliphatic carbocycles. The van der Waals surface area contributed by atoms with Gasteiger partial charge in [-0.2, -0.15) is 5.10 Å². The molecule has 4 N–H and O–H groups in total. The first-order chi connectivity index (χ1) is 19.2. The molecular formula is C30H27N7OS. The number of fused-ring (bicyclic) bond motifs is 2. The zero-order valence-electron chi connectivity index (χ0n) is 21.2. The zero-order chi connectivity index (χ0) is 26.2. The molecule has 1 amide bonds. The molecule has 7 rings (SSSR count). The van der Waals surface area contributed by atoms with Gasteiger partial charge in [0.05, 0.1) is 28.8 Å². The fourth-order valence-electron chi connectivity index (χ4n) is 5.39. The molecule has 0 radical (unpaired) electrons. The molecule has 0 atom stereocenters. The Hall–Kier alpha value is -4.34. The summed E-state index contributed by atoms with van der Waals surface area (Å²) in [4.78, 5) is 26.8. The van der Waals surface area contributed by atoms with E-state index in [1.165, 1.54) is 10.4 Å². The molecule has 9 heteroatoms. The summed E-state index contributed by atoms with van der Waals surface area (Å²) < 4.78 is 0. The molecule has 1 fully saturated rings. The van der Waals surface area contributed by atoms with Crippen molar-refractivity contribution in [2.45, 2.75) is 19.3 Å². The van der Waals surface area contributed by atoms with Crippen molar-refractivity contribution in [3.8, 4) is 33.1 Å². The van der Waals surface area contributed by atoms with Crippen LogP contribution in [0.15, 0.2) is 72.4 Å². The molecule has 0 saturated carbocycles. The molecule has 5 aromatic heterocycles. The lowest BCUT2D eigenvalue weighted by Gasteiger charge is -2.21. The van der Waals surface area contributed by atoms with Gasteiger partial charge in [-0.1, -0.05) is 18.2 Å². The van der Waals surface area contributed by atoms with Crippen LogP contribution >= 0.6 is 11.3 Å². The van der Waals surface area contributed by atoms with Crippen LogP contribution in [0.25, 0.3) is 55.0 Å². The standard InChI is InChI=1S/C30H27N7OS/c38-28(13-18-8-10-31-11-9-18)33-20-14-19(16-32-17-20)23-6-7-25-29(35-23)30(37-36-25)26-15-22-21(27-5-2-12-39-27)3-1-4-24(22)34-26/h1-7,12,14-18,31,34H,8-11,13H2,(H,33,38)(H,36,37). The molecule has 6 aromatic rings. The lowest BCUT2D eigenvalue weighted by Crippen LogP contribution is -2.30. The quantitative estimate of drug-likeness (QED) is 0.203. The van der Waals surface area contributed by atoms with E-state index < -0.39 is 0 Å². The average molecular weight is 534 g/mol. The normalized spacial score (nSPS) is 14.3. The van der Waals surface area contributed by atoms with Crippen LogP contribution in [0, 0.1) is 5.92 Å². The Morgan fingerprint density at radius 1 is 1.03 bits per heavy atom. The van der Waals surface area contributed by atoms with Crippen LogP contribution in [0.4, 0.5) is 5.69 Å². The Bertz CT molecular complexity index is 1780. The van der Waals surface area contributed by atoms with Gasteiger partial charge in [-0.05, 0) is 73.6 Å². The number of hydrogen-bond donors (Lipinski definition) is 4. The summed E-state index contributed by atoms with van der Waals surface area (Å²) in [5.74, 6) is 0.458. The van der Waals surface area contributed by atoms with Crippen LogP contribution in [0.2, 0.25) is 0 Å². The highest BCUT2D eigenvalue weighted by molar-refractivity contribution is 7.13. The number of thiophene rings is 1. The Kier molecular flexibility index (Phi) is 6.14. The minimum atomic E-state index is 0.0297. The minimum Gasteiger partial charge on any atom is -0.353 e. The van der Waals surface area contributed by atoms with Crippen LogP contribution in [-0.2, 0) is 4.79 Å². The van der Waals surface area contributed by atoms with Crippen molar-refractivity contribution < 1.29 is 4.79 Å². The Morgan fingerprint density at radius 3 is 2.82 bits per heavy atom. The van der Waals surface area contributed by atoms with Gasteiger partial charge in [0.1, 0.15) is 11.2 Å². The molecule has 0 bridgehead atoms. The average Bonchev–Trinajstić information content (AvgIpc) is 3.73. The lowest BCUT2D eigenvalue weighted by molar-refractivity contribution is -0.117. The number of rotatable bonds is 6. The number of nitrogens with one attached hydrogen (secondary N) is 4. The van der Waals surface area contributed by atoms with Gasteiger partial charge < -0.3 is 15.6 Å². The van der Waals surface area contributed by atoms with Gasteiger partial charge in [-0.3, -0.25) is 14.9 Å². The van der Waals surface area contributed by atoms with E-state index >= 15 is 0 Å². The maximum absolute atomic E-state index is 12.7. The van der Waals surface area contributed by atoms with E-state index in [2.05, 4.69) is 72.6 Å². The predicted octanol–water partition coefficient (Wildman–Crippen LogP) is 6.22. The summed E-state index contributed by atoms with van der Waals surface area (Å²) in [5.41, 5.74) is 7.83. The molecule has 6 heterocycles. The summed E-state index contributed by atoms with van der Waals surface area (Å²) in [7, 11) is 0. The number of carbonyl (C=O) groups is 1. The third-order valence-corrected chi connectivity index (χ3v) is 8.27. The van der Waals surface area contributed by atoms with E-state index in [0.717, 1.165) is 70.5 Å². The summed E-state index contributed by atoms with van der Waals surface area (Å²) >= 11 is 1.73. The second-order valence-electron chi connectivity index (χ2n) is 10.00. The molecule has 1 saturated heterocycles. The Labute approximate surface area is 228 Å². The zero-order valence-corrected chi connectivity index (χ0v) is 22.0. The second kappa shape index (κ2) is 10.1. The number of anilines is 1. The highest BCUT2D eigenvalue weighted by Gasteiger charge is 2.18. The lowest BCUT2D eigenvalue weighted by atomic mass is 9.94.